The number of nitrogens with one attached hydrogen (secondary N) is 1. The number of hydrogen-bond acceptors (Lipinski definition) is 2. The standard InChI is InChI=1S/C17H19FN2O/c1-13-12-14(8-9-16(13)18)17(21)19-10-11-20(2)15-6-4-3-5-7-15/h3-9,12H,10-11H2,1-2H3,(H,19,21). The zero-order valence-corrected chi connectivity index (χ0v) is 12.3. The lowest BCUT2D eigenvalue weighted by Crippen LogP contribution is -2.33. The Hall–Kier alpha value is -2.36. The first-order chi connectivity index (χ1) is 10.1. The molecule has 0 atom stereocenters. The number of para-hydroxylation sites is 1. The number of carbonyl (C=O) groups is 1. The summed E-state index contributed by atoms with van der Waals surface area (Å²) in [5.74, 6) is -0.477. The van der Waals surface area contributed by atoms with Crippen LogP contribution in [0.3, 0.4) is 0 Å². The van der Waals surface area contributed by atoms with E-state index in [4.69, 9.17) is 0 Å². The molecule has 110 valence electrons. The van der Waals surface area contributed by atoms with Crippen LogP contribution in [0.15, 0.2) is 48.5 Å². The van der Waals surface area contributed by atoms with Crippen molar-refractivity contribution >= 4 is 11.6 Å². The van der Waals surface area contributed by atoms with E-state index in [1.807, 2.05) is 37.4 Å². The molecule has 0 radical (unpaired) electrons. The van der Waals surface area contributed by atoms with Gasteiger partial charge in [0.05, 0.1) is 0 Å². The van der Waals surface area contributed by atoms with E-state index in [0.717, 1.165) is 5.69 Å². The number of aryl methyl sites for hydroxylation is 1. The van der Waals surface area contributed by atoms with Crippen molar-refractivity contribution in [1.29, 1.82) is 0 Å². The number of anilines is 1. The molecule has 3 nitrogen and oxygen atoms in total. The Balaban J connectivity index is 1.85. The minimum Gasteiger partial charge on any atom is -0.373 e. The first kappa shape index (κ1) is 15.0. The van der Waals surface area contributed by atoms with Gasteiger partial charge in [0.15, 0.2) is 0 Å². The Bertz CT molecular complexity index is 613. The number of carbonyl (C=O) groups excluding carboxylic acids is 1. The van der Waals surface area contributed by atoms with Gasteiger partial charge in [0.25, 0.3) is 5.91 Å². The number of nitrogens with zero attached hydrogens (tertiary/aromatic N) is 1. The summed E-state index contributed by atoms with van der Waals surface area (Å²) in [6, 6.07) is 14.3. The lowest BCUT2D eigenvalue weighted by Gasteiger charge is -2.19. The molecule has 0 aliphatic carbocycles. The molecular formula is C17H19FN2O. The minimum atomic E-state index is -0.296. The van der Waals surface area contributed by atoms with Crippen LogP contribution in [0.5, 0.6) is 0 Å². The van der Waals surface area contributed by atoms with Crippen LogP contribution in [0.25, 0.3) is 0 Å². The van der Waals surface area contributed by atoms with Gasteiger partial charge in [-0.15, -0.1) is 0 Å². The molecule has 2 aromatic carbocycles. The van der Waals surface area contributed by atoms with Crippen LogP contribution in [0.1, 0.15) is 15.9 Å². The third-order valence-corrected chi connectivity index (χ3v) is 3.35. The maximum Gasteiger partial charge on any atom is 0.251 e. The predicted molar refractivity (Wildman–Crippen MR) is 83.2 cm³/mol. The highest BCUT2D eigenvalue weighted by molar-refractivity contribution is 5.94. The number of hydrogen-bond donors (Lipinski definition) is 1. The lowest BCUT2D eigenvalue weighted by molar-refractivity contribution is 0.0954. The number of amides is 1. The molecule has 2 rings (SSSR count). The van der Waals surface area contributed by atoms with Crippen LogP contribution >= 0.6 is 0 Å². The molecule has 21 heavy (non-hydrogen) atoms. The maximum absolute atomic E-state index is 13.2. The summed E-state index contributed by atoms with van der Waals surface area (Å²) < 4.78 is 13.2. The van der Waals surface area contributed by atoms with Crippen molar-refractivity contribution in [2.75, 3.05) is 25.0 Å². The van der Waals surface area contributed by atoms with Crippen LogP contribution in [0.2, 0.25) is 0 Å². The van der Waals surface area contributed by atoms with Gasteiger partial charge in [-0.3, -0.25) is 4.79 Å². The Morgan fingerprint density at radius 2 is 1.90 bits per heavy atom. The van der Waals surface area contributed by atoms with E-state index in [-0.39, 0.29) is 11.7 Å². The number of rotatable bonds is 5. The second kappa shape index (κ2) is 6.88. The monoisotopic (exact) mass is 286 g/mol. The van der Waals surface area contributed by atoms with Gasteiger partial charge >= 0.3 is 0 Å². The van der Waals surface area contributed by atoms with E-state index in [1.165, 1.54) is 12.1 Å². The molecule has 0 aliphatic rings. The quantitative estimate of drug-likeness (QED) is 0.916. The van der Waals surface area contributed by atoms with E-state index in [0.29, 0.717) is 24.2 Å². The van der Waals surface area contributed by atoms with Crippen LogP contribution < -0.4 is 10.2 Å². The average Bonchev–Trinajstić information content (AvgIpc) is 2.50. The van der Waals surface area contributed by atoms with Crippen molar-refractivity contribution in [2.24, 2.45) is 0 Å². The summed E-state index contributed by atoms with van der Waals surface area (Å²) in [7, 11) is 1.98. The zero-order valence-electron chi connectivity index (χ0n) is 12.3. The molecule has 0 aromatic heterocycles. The number of benzene rings is 2. The Morgan fingerprint density at radius 3 is 2.57 bits per heavy atom. The van der Waals surface area contributed by atoms with Crippen molar-refractivity contribution in [1.82, 2.24) is 5.32 Å². The molecule has 1 N–H and O–H groups in total. The molecule has 0 spiro atoms. The smallest absolute Gasteiger partial charge is 0.251 e. The van der Waals surface area contributed by atoms with Crippen molar-refractivity contribution in [2.45, 2.75) is 6.92 Å². The predicted octanol–water partition coefficient (Wildman–Crippen LogP) is 3.00. The Morgan fingerprint density at radius 1 is 1.19 bits per heavy atom. The van der Waals surface area contributed by atoms with Crippen LogP contribution in [0, 0.1) is 12.7 Å². The largest absolute Gasteiger partial charge is 0.373 e. The highest BCUT2D eigenvalue weighted by Crippen LogP contribution is 2.10. The van der Waals surface area contributed by atoms with E-state index < -0.39 is 0 Å². The molecule has 0 heterocycles. The average molecular weight is 286 g/mol. The third-order valence-electron chi connectivity index (χ3n) is 3.35. The molecule has 4 heteroatoms. The van der Waals surface area contributed by atoms with Crippen molar-refractivity contribution in [3.63, 3.8) is 0 Å². The molecule has 2 aromatic rings. The van der Waals surface area contributed by atoms with Gasteiger partial charge in [-0.2, -0.15) is 0 Å². The number of halogens is 1. The normalized spacial score (nSPS) is 10.2. The SMILES string of the molecule is Cc1cc(C(=O)NCCN(C)c2ccccc2)ccc1F. The van der Waals surface area contributed by atoms with E-state index in [2.05, 4.69) is 10.2 Å². The Kier molecular flexibility index (Phi) is 4.93. The molecule has 0 bridgehead atoms. The molecule has 0 saturated heterocycles. The van der Waals surface area contributed by atoms with E-state index in [1.54, 1.807) is 13.0 Å². The molecule has 0 fully saturated rings. The third kappa shape index (κ3) is 4.05. The molecule has 0 saturated carbocycles. The zero-order chi connectivity index (χ0) is 15.2. The maximum atomic E-state index is 13.2. The second-order valence-corrected chi connectivity index (χ2v) is 4.98. The van der Waals surface area contributed by atoms with Crippen molar-refractivity contribution in [3.05, 3.63) is 65.5 Å². The van der Waals surface area contributed by atoms with Gasteiger partial charge < -0.3 is 10.2 Å². The second-order valence-electron chi connectivity index (χ2n) is 4.98. The first-order valence-corrected chi connectivity index (χ1v) is 6.88. The van der Waals surface area contributed by atoms with Crippen molar-refractivity contribution in [3.8, 4) is 0 Å². The minimum absolute atomic E-state index is 0.181. The van der Waals surface area contributed by atoms with Crippen LogP contribution in [-0.2, 0) is 0 Å². The van der Waals surface area contributed by atoms with Gasteiger partial charge in [-0.05, 0) is 42.8 Å². The van der Waals surface area contributed by atoms with Gasteiger partial charge in [0.1, 0.15) is 5.82 Å². The van der Waals surface area contributed by atoms with Crippen LogP contribution in [-0.4, -0.2) is 26.0 Å². The molecule has 0 unspecified atom stereocenters. The summed E-state index contributed by atoms with van der Waals surface area (Å²) >= 11 is 0. The first-order valence-electron chi connectivity index (χ1n) is 6.88. The molecule has 0 aliphatic heterocycles. The van der Waals surface area contributed by atoms with Gasteiger partial charge in [0, 0.05) is 31.4 Å². The van der Waals surface area contributed by atoms with Gasteiger partial charge in [-0.1, -0.05) is 18.2 Å². The molecular weight excluding hydrogens is 267 g/mol. The van der Waals surface area contributed by atoms with E-state index >= 15 is 0 Å². The highest BCUT2D eigenvalue weighted by atomic mass is 19.1. The van der Waals surface area contributed by atoms with Gasteiger partial charge in [-0.25, -0.2) is 4.39 Å². The summed E-state index contributed by atoms with van der Waals surface area (Å²) in [4.78, 5) is 14.0. The summed E-state index contributed by atoms with van der Waals surface area (Å²) in [5, 5.41) is 2.84. The fourth-order valence-corrected chi connectivity index (χ4v) is 2.04. The number of likely N-dealkylation sites (N-methyl/N-ethyl adjacent to an activating group) is 1. The molecule has 1 amide bonds. The highest BCUT2D eigenvalue weighted by Gasteiger charge is 2.07. The Labute approximate surface area is 124 Å². The summed E-state index contributed by atoms with van der Waals surface area (Å²) in [5.41, 5.74) is 2.06. The van der Waals surface area contributed by atoms with Crippen LogP contribution in [0.4, 0.5) is 10.1 Å². The van der Waals surface area contributed by atoms with Gasteiger partial charge in [0.2, 0.25) is 0 Å². The fraction of sp³-hybridized carbons (Fsp3) is 0.235. The van der Waals surface area contributed by atoms with E-state index in [9.17, 15) is 9.18 Å². The summed E-state index contributed by atoms with van der Waals surface area (Å²) in [6.07, 6.45) is 0. The summed E-state index contributed by atoms with van der Waals surface area (Å²) in [6.45, 7) is 2.88. The fourth-order valence-electron chi connectivity index (χ4n) is 2.04. The topological polar surface area (TPSA) is 32.3 Å². The lowest BCUT2D eigenvalue weighted by atomic mass is 10.1. The van der Waals surface area contributed by atoms with Crippen molar-refractivity contribution < 1.29 is 9.18 Å².